The van der Waals surface area contributed by atoms with Crippen molar-refractivity contribution in [3.8, 4) is 5.75 Å². The smallest absolute Gasteiger partial charge is 0.422 e. The number of halogens is 5. The highest BCUT2D eigenvalue weighted by Crippen LogP contribution is 2.43. The lowest BCUT2D eigenvalue weighted by Crippen LogP contribution is -2.31. The Kier molecular flexibility index (Phi) is 6.28. The Morgan fingerprint density at radius 3 is 2.58 bits per heavy atom. The summed E-state index contributed by atoms with van der Waals surface area (Å²) in [5, 5.41) is 11.8. The van der Waals surface area contributed by atoms with Gasteiger partial charge in [-0.1, -0.05) is 31.4 Å². The Labute approximate surface area is 156 Å². The van der Waals surface area contributed by atoms with Gasteiger partial charge in [-0.25, -0.2) is 0 Å². The molecule has 0 amide bonds. The standard InChI is InChI=1S/C16H17ClF3IO3/c1-2-9-10(11(15(22)23)5-8-3-4-8)6-12(14(21)13(9)17)24-7-16(18,19)20/h6,8,11H,2-5,7H2,1H3,(H,22,23)/p-1. The first kappa shape index (κ1) is 19.6. The summed E-state index contributed by atoms with van der Waals surface area (Å²) < 4.78 is 42.5. The quantitative estimate of drug-likeness (QED) is 0.559. The van der Waals surface area contributed by atoms with E-state index in [4.69, 9.17) is 16.3 Å². The van der Waals surface area contributed by atoms with Gasteiger partial charge < -0.3 is 14.6 Å². The number of carboxylic acid groups (broad SMARTS) is 1. The molecule has 0 heterocycles. The fourth-order valence-electron chi connectivity index (χ4n) is 2.63. The average molecular weight is 476 g/mol. The van der Waals surface area contributed by atoms with E-state index in [0.717, 1.165) is 12.8 Å². The van der Waals surface area contributed by atoms with E-state index in [1.54, 1.807) is 0 Å². The number of rotatable bonds is 7. The van der Waals surface area contributed by atoms with Crippen molar-refractivity contribution in [3.05, 3.63) is 25.8 Å². The van der Waals surface area contributed by atoms with Gasteiger partial charge in [0.25, 0.3) is 0 Å². The normalized spacial score (nSPS) is 16.1. The van der Waals surface area contributed by atoms with Gasteiger partial charge in [-0.15, -0.1) is 0 Å². The highest BCUT2D eigenvalue weighted by molar-refractivity contribution is 14.1. The summed E-state index contributed by atoms with van der Waals surface area (Å²) in [6.45, 7) is 0.364. The maximum absolute atomic E-state index is 12.4. The van der Waals surface area contributed by atoms with Gasteiger partial charge in [0, 0.05) is 11.9 Å². The summed E-state index contributed by atoms with van der Waals surface area (Å²) in [7, 11) is 0. The number of carbonyl (C=O) groups is 1. The molecule has 2 rings (SSSR count). The molecule has 3 nitrogen and oxygen atoms in total. The van der Waals surface area contributed by atoms with Gasteiger partial charge in [0.05, 0.1) is 8.59 Å². The molecule has 1 aromatic carbocycles. The van der Waals surface area contributed by atoms with Crippen LogP contribution in [0.3, 0.4) is 0 Å². The van der Waals surface area contributed by atoms with E-state index in [0.29, 0.717) is 33.5 Å². The van der Waals surface area contributed by atoms with Crippen LogP contribution in [0.25, 0.3) is 0 Å². The van der Waals surface area contributed by atoms with E-state index in [1.807, 2.05) is 29.5 Å². The zero-order chi connectivity index (χ0) is 18.1. The second-order valence-electron chi connectivity index (χ2n) is 5.88. The molecule has 1 unspecified atom stereocenters. The predicted molar refractivity (Wildman–Crippen MR) is 90.2 cm³/mol. The zero-order valence-electron chi connectivity index (χ0n) is 12.9. The molecule has 1 saturated carbocycles. The van der Waals surface area contributed by atoms with Crippen LogP contribution in [0.4, 0.5) is 13.2 Å². The minimum absolute atomic E-state index is 0.0489. The molecular weight excluding hydrogens is 460 g/mol. The number of hydrogen-bond acceptors (Lipinski definition) is 3. The third kappa shape index (κ3) is 4.91. The number of carboxylic acids is 1. The number of ether oxygens (including phenoxy) is 1. The van der Waals surface area contributed by atoms with E-state index in [-0.39, 0.29) is 10.8 Å². The minimum Gasteiger partial charge on any atom is -0.549 e. The van der Waals surface area contributed by atoms with Crippen molar-refractivity contribution in [1.82, 2.24) is 0 Å². The number of carbonyl (C=O) groups excluding carboxylic acids is 1. The van der Waals surface area contributed by atoms with Gasteiger partial charge >= 0.3 is 6.18 Å². The van der Waals surface area contributed by atoms with Gasteiger partial charge in [0.15, 0.2) is 6.61 Å². The second kappa shape index (κ2) is 7.68. The van der Waals surface area contributed by atoms with Crippen LogP contribution < -0.4 is 9.84 Å². The molecule has 0 aromatic heterocycles. The van der Waals surface area contributed by atoms with Crippen LogP contribution in [0.1, 0.15) is 43.2 Å². The third-order valence-electron chi connectivity index (χ3n) is 3.98. The molecular formula is C16H16ClF3IO3-. The fraction of sp³-hybridized carbons (Fsp3) is 0.562. The summed E-state index contributed by atoms with van der Waals surface area (Å²) >= 11 is 8.09. The summed E-state index contributed by atoms with van der Waals surface area (Å²) in [5.74, 6) is -1.87. The van der Waals surface area contributed by atoms with Crippen LogP contribution in [-0.2, 0) is 11.2 Å². The van der Waals surface area contributed by atoms with Crippen molar-refractivity contribution >= 4 is 40.2 Å². The van der Waals surface area contributed by atoms with Crippen LogP contribution in [0.2, 0.25) is 5.02 Å². The Balaban J connectivity index is 2.43. The van der Waals surface area contributed by atoms with Crippen LogP contribution >= 0.6 is 34.2 Å². The fourth-order valence-corrected chi connectivity index (χ4v) is 3.60. The van der Waals surface area contributed by atoms with Crippen LogP contribution in [0.15, 0.2) is 6.07 Å². The minimum atomic E-state index is -4.49. The number of benzene rings is 1. The van der Waals surface area contributed by atoms with Gasteiger partial charge in [0.2, 0.25) is 0 Å². The summed E-state index contributed by atoms with van der Waals surface area (Å²) in [5.41, 5.74) is 1.02. The molecule has 0 radical (unpaired) electrons. The lowest BCUT2D eigenvalue weighted by molar-refractivity contribution is -0.308. The summed E-state index contributed by atoms with van der Waals surface area (Å²) in [6.07, 6.45) is -1.69. The van der Waals surface area contributed by atoms with Gasteiger partial charge in [-0.2, -0.15) is 13.2 Å². The van der Waals surface area contributed by atoms with Crippen molar-refractivity contribution in [1.29, 1.82) is 0 Å². The van der Waals surface area contributed by atoms with Crippen molar-refractivity contribution in [2.75, 3.05) is 6.61 Å². The molecule has 24 heavy (non-hydrogen) atoms. The monoisotopic (exact) mass is 475 g/mol. The van der Waals surface area contributed by atoms with E-state index < -0.39 is 24.7 Å². The van der Waals surface area contributed by atoms with Crippen molar-refractivity contribution in [2.45, 2.75) is 44.7 Å². The van der Waals surface area contributed by atoms with E-state index in [2.05, 4.69) is 0 Å². The maximum Gasteiger partial charge on any atom is 0.422 e. The molecule has 1 aromatic rings. The van der Waals surface area contributed by atoms with Crippen molar-refractivity contribution < 1.29 is 27.8 Å². The molecule has 1 aliphatic rings. The van der Waals surface area contributed by atoms with Gasteiger partial charge in [-0.3, -0.25) is 0 Å². The SMILES string of the molecule is CCc1c(C(CC2CC2)C(=O)[O-])cc(OCC(F)(F)F)c(I)c1Cl. The van der Waals surface area contributed by atoms with Crippen LogP contribution in [0, 0.1) is 9.49 Å². The molecule has 8 heteroatoms. The van der Waals surface area contributed by atoms with Gasteiger partial charge in [-0.05, 0) is 58.5 Å². The molecule has 0 saturated heterocycles. The Bertz CT molecular complexity index is 630. The van der Waals surface area contributed by atoms with Crippen molar-refractivity contribution in [3.63, 3.8) is 0 Å². The number of hydrogen-bond donors (Lipinski definition) is 0. The second-order valence-corrected chi connectivity index (χ2v) is 7.34. The predicted octanol–water partition coefficient (Wildman–Crippen LogP) is 4.08. The average Bonchev–Trinajstić information content (AvgIpc) is 3.29. The summed E-state index contributed by atoms with van der Waals surface area (Å²) in [4.78, 5) is 11.6. The third-order valence-corrected chi connectivity index (χ3v) is 5.79. The van der Waals surface area contributed by atoms with Crippen LogP contribution in [0.5, 0.6) is 5.75 Å². The number of aliphatic carboxylic acids is 1. The molecule has 0 N–H and O–H groups in total. The highest BCUT2D eigenvalue weighted by Gasteiger charge is 2.32. The van der Waals surface area contributed by atoms with Gasteiger partial charge in [0.1, 0.15) is 5.75 Å². The van der Waals surface area contributed by atoms with E-state index >= 15 is 0 Å². The lowest BCUT2D eigenvalue weighted by Gasteiger charge is -2.24. The first-order valence-electron chi connectivity index (χ1n) is 7.55. The molecule has 0 spiro atoms. The molecule has 1 aliphatic carbocycles. The Hall–Kier alpha value is -0.700. The van der Waals surface area contributed by atoms with Crippen LogP contribution in [-0.4, -0.2) is 18.8 Å². The first-order chi connectivity index (χ1) is 11.1. The Morgan fingerprint density at radius 2 is 2.12 bits per heavy atom. The molecule has 0 bridgehead atoms. The topological polar surface area (TPSA) is 49.4 Å². The highest BCUT2D eigenvalue weighted by atomic mass is 127. The first-order valence-corrected chi connectivity index (χ1v) is 9.00. The van der Waals surface area contributed by atoms with Crippen molar-refractivity contribution in [2.24, 2.45) is 5.92 Å². The molecule has 0 aliphatic heterocycles. The zero-order valence-corrected chi connectivity index (χ0v) is 15.8. The van der Waals surface area contributed by atoms with E-state index in [1.165, 1.54) is 6.07 Å². The maximum atomic E-state index is 12.4. The molecule has 134 valence electrons. The summed E-state index contributed by atoms with van der Waals surface area (Å²) in [6, 6.07) is 1.38. The Morgan fingerprint density at radius 1 is 1.50 bits per heavy atom. The number of alkyl halides is 3. The largest absolute Gasteiger partial charge is 0.549 e. The van der Waals surface area contributed by atoms with E-state index in [9.17, 15) is 23.1 Å². The molecule has 1 fully saturated rings. The molecule has 1 atom stereocenters. The lowest BCUT2D eigenvalue weighted by atomic mass is 9.88.